The van der Waals surface area contributed by atoms with E-state index in [-0.39, 0.29) is 11.7 Å². The molecule has 0 aliphatic carbocycles. The molecule has 3 aromatic carbocycles. The minimum Gasteiger partial charge on any atom is -0.478 e. The summed E-state index contributed by atoms with van der Waals surface area (Å²) in [7, 11) is 0. The van der Waals surface area contributed by atoms with Gasteiger partial charge in [-0.15, -0.1) is 0 Å². The summed E-state index contributed by atoms with van der Waals surface area (Å²) < 4.78 is 13.9. The van der Waals surface area contributed by atoms with Gasteiger partial charge in [0.05, 0.1) is 35.8 Å². The van der Waals surface area contributed by atoms with Gasteiger partial charge in [-0.25, -0.2) is 9.78 Å². The lowest BCUT2D eigenvalue weighted by atomic mass is 10.1. The van der Waals surface area contributed by atoms with Crippen LogP contribution < -0.4 is 4.74 Å². The molecule has 8 heteroatoms. The molecule has 1 atom stereocenters. The Morgan fingerprint density at radius 2 is 1.72 bits per heavy atom. The molecule has 2 saturated heterocycles. The average Bonchev–Trinajstić information content (AvgIpc) is 3.25. The van der Waals surface area contributed by atoms with Gasteiger partial charge < -0.3 is 19.1 Å². The number of nitrogens with zero attached hydrogens (tertiary/aromatic N) is 4. The third kappa shape index (κ3) is 5.98. The molecule has 2 aliphatic rings. The zero-order chi connectivity index (χ0) is 26.8. The highest BCUT2D eigenvalue weighted by molar-refractivity contribution is 5.92. The quantitative estimate of drug-likeness (QED) is 0.331. The second kappa shape index (κ2) is 11.2. The van der Waals surface area contributed by atoms with E-state index in [9.17, 15) is 9.90 Å². The predicted octanol–water partition coefficient (Wildman–Crippen LogP) is 4.94. The first-order valence-corrected chi connectivity index (χ1v) is 13.6. The van der Waals surface area contributed by atoms with Crippen LogP contribution in [0.1, 0.15) is 33.7 Å². The van der Waals surface area contributed by atoms with Crippen LogP contribution in [0.4, 0.5) is 0 Å². The fraction of sp³-hybridized carbons (Fsp3) is 0.355. The van der Waals surface area contributed by atoms with Crippen molar-refractivity contribution in [2.75, 3.05) is 32.8 Å². The van der Waals surface area contributed by atoms with Gasteiger partial charge >= 0.3 is 5.97 Å². The molecule has 0 spiro atoms. The maximum absolute atomic E-state index is 11.6. The number of aromatic nitrogens is 2. The van der Waals surface area contributed by atoms with Crippen LogP contribution in [-0.4, -0.2) is 69.3 Å². The molecular formula is C31H34N4O4. The SMILES string of the molecule is Cc1ccc(Oc2cccc(CN3CCN(Cc4nc5ccc(C(=O)O)cc5n4C[C@@H]4CCO4)CC3)c2)cc1. The van der Waals surface area contributed by atoms with E-state index >= 15 is 0 Å². The molecule has 0 radical (unpaired) electrons. The Labute approximate surface area is 228 Å². The number of carboxylic acids is 1. The van der Waals surface area contributed by atoms with Gasteiger partial charge in [-0.3, -0.25) is 9.80 Å². The average molecular weight is 527 g/mol. The fourth-order valence-electron chi connectivity index (χ4n) is 5.28. The summed E-state index contributed by atoms with van der Waals surface area (Å²) >= 11 is 0. The Balaban J connectivity index is 1.09. The topological polar surface area (TPSA) is 80.1 Å². The van der Waals surface area contributed by atoms with Gasteiger partial charge in [0.25, 0.3) is 0 Å². The van der Waals surface area contributed by atoms with E-state index in [1.807, 2.05) is 24.3 Å². The Bertz CT molecular complexity index is 1450. The van der Waals surface area contributed by atoms with Crippen molar-refractivity contribution in [3.05, 3.63) is 89.2 Å². The second-order valence-corrected chi connectivity index (χ2v) is 10.5. The van der Waals surface area contributed by atoms with Crippen molar-refractivity contribution in [1.82, 2.24) is 19.4 Å². The second-order valence-electron chi connectivity index (χ2n) is 10.5. The van der Waals surface area contributed by atoms with Crippen LogP contribution in [0.15, 0.2) is 66.7 Å². The van der Waals surface area contributed by atoms with Gasteiger partial charge in [0.1, 0.15) is 17.3 Å². The number of carboxylic acid groups (broad SMARTS) is 1. The summed E-state index contributed by atoms with van der Waals surface area (Å²) in [6.45, 7) is 9.02. The monoisotopic (exact) mass is 526 g/mol. The minimum atomic E-state index is -0.922. The molecule has 39 heavy (non-hydrogen) atoms. The van der Waals surface area contributed by atoms with E-state index in [2.05, 4.69) is 51.6 Å². The molecule has 2 fully saturated rings. The van der Waals surface area contributed by atoms with E-state index < -0.39 is 5.97 Å². The Morgan fingerprint density at radius 3 is 2.41 bits per heavy atom. The number of hydrogen-bond donors (Lipinski definition) is 1. The highest BCUT2D eigenvalue weighted by Crippen LogP contribution is 2.25. The number of aromatic carboxylic acids is 1. The van der Waals surface area contributed by atoms with Crippen LogP contribution >= 0.6 is 0 Å². The molecule has 0 amide bonds. The summed E-state index contributed by atoms with van der Waals surface area (Å²) in [4.78, 5) is 21.4. The van der Waals surface area contributed by atoms with Crippen LogP contribution in [0.25, 0.3) is 11.0 Å². The zero-order valence-electron chi connectivity index (χ0n) is 22.3. The standard InChI is InChI=1S/C31H34N4O4/c1-22-5-8-25(9-6-22)39-26-4-2-3-23(17-26)19-33-12-14-34(15-13-33)21-30-32-28-10-7-24(31(36)37)18-29(28)35(30)20-27-11-16-38-27/h2-10,17-18,27H,11-16,19-21H2,1H3,(H,36,37)/t27-/m0/s1. The number of rotatable bonds is 9. The number of benzene rings is 3. The highest BCUT2D eigenvalue weighted by atomic mass is 16.5. The van der Waals surface area contributed by atoms with Gasteiger partial charge in [-0.05, 0) is 61.4 Å². The van der Waals surface area contributed by atoms with Gasteiger partial charge in [-0.1, -0.05) is 29.8 Å². The Kier molecular flexibility index (Phi) is 7.32. The first-order chi connectivity index (χ1) is 19.0. The maximum Gasteiger partial charge on any atom is 0.335 e. The molecule has 8 nitrogen and oxygen atoms in total. The first-order valence-electron chi connectivity index (χ1n) is 13.6. The van der Waals surface area contributed by atoms with Gasteiger partial charge in [0.2, 0.25) is 0 Å². The molecular weight excluding hydrogens is 492 g/mol. The minimum absolute atomic E-state index is 0.164. The van der Waals surface area contributed by atoms with Crippen LogP contribution in [-0.2, 0) is 24.4 Å². The van der Waals surface area contributed by atoms with E-state index in [1.165, 1.54) is 11.1 Å². The van der Waals surface area contributed by atoms with E-state index in [1.54, 1.807) is 12.1 Å². The van der Waals surface area contributed by atoms with Gasteiger partial charge in [0.15, 0.2) is 0 Å². The summed E-state index contributed by atoms with van der Waals surface area (Å²) in [6, 6.07) is 21.6. The first kappa shape index (κ1) is 25.6. The van der Waals surface area contributed by atoms with Gasteiger partial charge in [0, 0.05) is 39.3 Å². The van der Waals surface area contributed by atoms with Crippen molar-refractivity contribution in [3.8, 4) is 11.5 Å². The van der Waals surface area contributed by atoms with Crippen molar-refractivity contribution in [1.29, 1.82) is 0 Å². The zero-order valence-corrected chi connectivity index (χ0v) is 22.3. The number of hydrogen-bond acceptors (Lipinski definition) is 6. The van der Waals surface area contributed by atoms with E-state index in [0.717, 1.165) is 80.7 Å². The summed E-state index contributed by atoms with van der Waals surface area (Å²) in [5, 5.41) is 9.49. The maximum atomic E-state index is 11.6. The lowest BCUT2D eigenvalue weighted by molar-refractivity contribution is -0.0592. The van der Waals surface area contributed by atoms with Crippen molar-refractivity contribution in [2.24, 2.45) is 0 Å². The van der Waals surface area contributed by atoms with Crippen LogP contribution in [0.3, 0.4) is 0 Å². The highest BCUT2D eigenvalue weighted by Gasteiger charge is 2.24. The van der Waals surface area contributed by atoms with E-state index in [0.29, 0.717) is 6.54 Å². The Hall–Kier alpha value is -3.72. The predicted molar refractivity (Wildman–Crippen MR) is 149 cm³/mol. The number of carbonyl (C=O) groups is 1. The fourth-order valence-corrected chi connectivity index (χ4v) is 5.28. The molecule has 2 aliphatic heterocycles. The Morgan fingerprint density at radius 1 is 0.974 bits per heavy atom. The molecule has 3 heterocycles. The molecule has 6 rings (SSSR count). The normalized spacial score (nSPS) is 18.2. The summed E-state index contributed by atoms with van der Waals surface area (Å²) in [5.74, 6) is 1.75. The third-order valence-electron chi connectivity index (χ3n) is 7.65. The molecule has 4 aromatic rings. The molecule has 0 unspecified atom stereocenters. The largest absolute Gasteiger partial charge is 0.478 e. The molecule has 1 N–H and O–H groups in total. The lowest BCUT2D eigenvalue weighted by Crippen LogP contribution is -2.45. The number of imidazole rings is 1. The summed E-state index contributed by atoms with van der Waals surface area (Å²) in [5.41, 5.74) is 4.44. The molecule has 202 valence electrons. The number of ether oxygens (including phenoxy) is 2. The number of aryl methyl sites for hydroxylation is 1. The van der Waals surface area contributed by atoms with Crippen LogP contribution in [0.5, 0.6) is 11.5 Å². The van der Waals surface area contributed by atoms with Crippen molar-refractivity contribution in [2.45, 2.75) is 39.1 Å². The lowest BCUT2D eigenvalue weighted by Gasteiger charge is -2.35. The molecule has 1 aromatic heterocycles. The van der Waals surface area contributed by atoms with Crippen molar-refractivity contribution >= 4 is 17.0 Å². The number of piperazine rings is 1. The third-order valence-corrected chi connectivity index (χ3v) is 7.65. The van der Waals surface area contributed by atoms with E-state index in [4.69, 9.17) is 14.5 Å². The van der Waals surface area contributed by atoms with Crippen LogP contribution in [0, 0.1) is 6.92 Å². The van der Waals surface area contributed by atoms with Crippen molar-refractivity contribution < 1.29 is 19.4 Å². The molecule has 0 bridgehead atoms. The van der Waals surface area contributed by atoms with Crippen LogP contribution in [0.2, 0.25) is 0 Å². The summed E-state index contributed by atoms with van der Waals surface area (Å²) in [6.07, 6.45) is 1.19. The number of fused-ring (bicyclic) bond motifs is 1. The van der Waals surface area contributed by atoms with Gasteiger partial charge in [-0.2, -0.15) is 0 Å². The smallest absolute Gasteiger partial charge is 0.335 e. The molecule has 0 saturated carbocycles. The van der Waals surface area contributed by atoms with Crippen molar-refractivity contribution in [3.63, 3.8) is 0 Å².